The number of hydrogen-bond donors (Lipinski definition) is 1. The first kappa shape index (κ1) is 11.5. The Kier molecular flexibility index (Phi) is 4.61. The predicted octanol–water partition coefficient (Wildman–Crippen LogP) is 2.40. The standard InChI is InChI=1S/C13H17NO/c1-3-12-6-8-13(9-7-12)5-4-10-14-11(2)15/h4-9H,3,10H2,1-2H3,(H,14,15). The summed E-state index contributed by atoms with van der Waals surface area (Å²) < 4.78 is 0. The van der Waals surface area contributed by atoms with Crippen molar-refractivity contribution < 1.29 is 4.79 Å². The molecule has 1 aromatic rings. The van der Waals surface area contributed by atoms with Gasteiger partial charge in [0.2, 0.25) is 5.91 Å². The molecule has 0 aliphatic carbocycles. The lowest BCUT2D eigenvalue weighted by Crippen LogP contribution is -2.19. The van der Waals surface area contributed by atoms with Gasteiger partial charge in [-0.25, -0.2) is 0 Å². The maximum atomic E-state index is 10.6. The minimum absolute atomic E-state index is 0.000908. The van der Waals surface area contributed by atoms with E-state index in [0.29, 0.717) is 6.54 Å². The van der Waals surface area contributed by atoms with Gasteiger partial charge < -0.3 is 5.32 Å². The number of aryl methyl sites for hydroxylation is 1. The average Bonchev–Trinajstić information content (AvgIpc) is 2.25. The molecule has 0 atom stereocenters. The van der Waals surface area contributed by atoms with Gasteiger partial charge in [-0.2, -0.15) is 0 Å². The summed E-state index contributed by atoms with van der Waals surface area (Å²) in [6, 6.07) is 8.42. The van der Waals surface area contributed by atoms with Crippen LogP contribution in [0.15, 0.2) is 30.3 Å². The fraction of sp³-hybridized carbons (Fsp3) is 0.308. The summed E-state index contributed by atoms with van der Waals surface area (Å²) in [4.78, 5) is 10.6. The second-order valence-corrected chi connectivity index (χ2v) is 3.43. The molecule has 0 saturated carbocycles. The molecule has 1 rings (SSSR count). The zero-order chi connectivity index (χ0) is 11.1. The van der Waals surface area contributed by atoms with Gasteiger partial charge in [0.15, 0.2) is 0 Å². The fourth-order valence-corrected chi connectivity index (χ4v) is 1.26. The van der Waals surface area contributed by atoms with Crippen LogP contribution in [-0.2, 0) is 11.2 Å². The third-order valence-electron chi connectivity index (χ3n) is 2.17. The summed E-state index contributed by atoms with van der Waals surface area (Å²) in [7, 11) is 0. The van der Waals surface area contributed by atoms with Gasteiger partial charge in [-0.3, -0.25) is 4.79 Å². The molecule has 0 saturated heterocycles. The first-order valence-corrected chi connectivity index (χ1v) is 5.22. The Hall–Kier alpha value is -1.57. The van der Waals surface area contributed by atoms with E-state index >= 15 is 0 Å². The molecule has 1 amide bonds. The van der Waals surface area contributed by atoms with Gasteiger partial charge in [-0.15, -0.1) is 0 Å². The van der Waals surface area contributed by atoms with Crippen LogP contribution in [0.4, 0.5) is 0 Å². The monoisotopic (exact) mass is 203 g/mol. The average molecular weight is 203 g/mol. The Bertz CT molecular complexity index is 338. The van der Waals surface area contributed by atoms with Gasteiger partial charge in [-0.05, 0) is 17.5 Å². The molecule has 0 radical (unpaired) electrons. The number of hydrogen-bond acceptors (Lipinski definition) is 1. The second kappa shape index (κ2) is 6.02. The Morgan fingerprint density at radius 1 is 1.33 bits per heavy atom. The molecule has 0 aliphatic rings. The van der Waals surface area contributed by atoms with Crippen LogP contribution in [0.25, 0.3) is 6.08 Å². The topological polar surface area (TPSA) is 29.1 Å². The molecule has 0 aromatic heterocycles. The number of carbonyl (C=O) groups is 1. The van der Waals surface area contributed by atoms with Crippen molar-refractivity contribution in [2.45, 2.75) is 20.3 Å². The maximum Gasteiger partial charge on any atom is 0.217 e. The van der Waals surface area contributed by atoms with E-state index in [4.69, 9.17) is 0 Å². The minimum atomic E-state index is 0.000908. The molecule has 0 bridgehead atoms. The Labute approximate surface area is 91.0 Å². The smallest absolute Gasteiger partial charge is 0.217 e. The summed E-state index contributed by atoms with van der Waals surface area (Å²) >= 11 is 0. The lowest BCUT2D eigenvalue weighted by Gasteiger charge is -1.98. The lowest BCUT2D eigenvalue weighted by atomic mass is 10.1. The van der Waals surface area contributed by atoms with E-state index in [1.165, 1.54) is 12.5 Å². The van der Waals surface area contributed by atoms with Crippen LogP contribution in [0.5, 0.6) is 0 Å². The van der Waals surface area contributed by atoms with Crippen molar-refractivity contribution in [2.24, 2.45) is 0 Å². The molecule has 1 N–H and O–H groups in total. The van der Waals surface area contributed by atoms with Crippen LogP contribution < -0.4 is 5.32 Å². The number of rotatable bonds is 4. The van der Waals surface area contributed by atoms with E-state index in [0.717, 1.165) is 12.0 Å². The summed E-state index contributed by atoms with van der Waals surface area (Å²) in [6.45, 7) is 4.25. The molecule has 2 nitrogen and oxygen atoms in total. The van der Waals surface area contributed by atoms with Crippen molar-refractivity contribution in [2.75, 3.05) is 6.54 Å². The molecule has 0 fully saturated rings. The zero-order valence-corrected chi connectivity index (χ0v) is 9.29. The molecular weight excluding hydrogens is 186 g/mol. The van der Waals surface area contributed by atoms with Gasteiger partial charge >= 0.3 is 0 Å². The van der Waals surface area contributed by atoms with Crippen molar-refractivity contribution in [3.8, 4) is 0 Å². The highest BCUT2D eigenvalue weighted by molar-refractivity contribution is 5.73. The van der Waals surface area contributed by atoms with E-state index in [2.05, 4.69) is 36.5 Å². The first-order valence-electron chi connectivity index (χ1n) is 5.22. The highest BCUT2D eigenvalue weighted by Crippen LogP contribution is 2.06. The predicted molar refractivity (Wildman–Crippen MR) is 63.5 cm³/mol. The van der Waals surface area contributed by atoms with Crippen molar-refractivity contribution in [3.63, 3.8) is 0 Å². The molecular formula is C13H17NO. The number of nitrogens with one attached hydrogen (secondary N) is 1. The second-order valence-electron chi connectivity index (χ2n) is 3.43. The third kappa shape index (κ3) is 4.45. The van der Waals surface area contributed by atoms with Crippen molar-refractivity contribution >= 4 is 12.0 Å². The molecule has 0 aliphatic heterocycles. The largest absolute Gasteiger partial charge is 0.353 e. The van der Waals surface area contributed by atoms with E-state index in [1.807, 2.05) is 12.2 Å². The molecule has 2 heteroatoms. The highest BCUT2D eigenvalue weighted by Gasteiger charge is 1.89. The van der Waals surface area contributed by atoms with Gasteiger partial charge in [0.05, 0.1) is 0 Å². The van der Waals surface area contributed by atoms with Gasteiger partial charge in [0.25, 0.3) is 0 Å². The number of carbonyl (C=O) groups excluding carboxylic acids is 1. The molecule has 80 valence electrons. The Balaban J connectivity index is 2.46. The van der Waals surface area contributed by atoms with Gasteiger partial charge in [0.1, 0.15) is 0 Å². The molecule has 0 unspecified atom stereocenters. The van der Waals surface area contributed by atoms with Crippen LogP contribution in [-0.4, -0.2) is 12.5 Å². The van der Waals surface area contributed by atoms with Gasteiger partial charge in [-0.1, -0.05) is 43.3 Å². The molecule has 0 spiro atoms. The Morgan fingerprint density at radius 2 is 2.00 bits per heavy atom. The van der Waals surface area contributed by atoms with E-state index < -0.39 is 0 Å². The first-order chi connectivity index (χ1) is 7.22. The summed E-state index contributed by atoms with van der Waals surface area (Å²) in [5.74, 6) is 0.000908. The lowest BCUT2D eigenvalue weighted by molar-refractivity contribution is -0.118. The summed E-state index contributed by atoms with van der Waals surface area (Å²) in [6.07, 6.45) is 5.02. The molecule has 15 heavy (non-hydrogen) atoms. The van der Waals surface area contributed by atoms with Crippen molar-refractivity contribution in [1.82, 2.24) is 5.32 Å². The molecule has 0 heterocycles. The van der Waals surface area contributed by atoms with E-state index in [1.54, 1.807) is 0 Å². The number of amides is 1. The normalized spacial score (nSPS) is 10.5. The van der Waals surface area contributed by atoms with Gasteiger partial charge in [0, 0.05) is 13.5 Å². The minimum Gasteiger partial charge on any atom is -0.353 e. The van der Waals surface area contributed by atoms with E-state index in [9.17, 15) is 4.79 Å². The fourth-order valence-electron chi connectivity index (χ4n) is 1.26. The SMILES string of the molecule is CCc1ccc(C=CCNC(C)=O)cc1. The van der Waals surface area contributed by atoms with Crippen molar-refractivity contribution in [1.29, 1.82) is 0 Å². The van der Waals surface area contributed by atoms with Crippen LogP contribution in [0, 0.1) is 0 Å². The Morgan fingerprint density at radius 3 is 2.53 bits per heavy atom. The van der Waals surface area contributed by atoms with Crippen LogP contribution >= 0.6 is 0 Å². The van der Waals surface area contributed by atoms with Crippen molar-refractivity contribution in [3.05, 3.63) is 41.5 Å². The third-order valence-corrected chi connectivity index (χ3v) is 2.17. The highest BCUT2D eigenvalue weighted by atomic mass is 16.1. The zero-order valence-electron chi connectivity index (χ0n) is 9.29. The maximum absolute atomic E-state index is 10.6. The summed E-state index contributed by atoms with van der Waals surface area (Å²) in [5.41, 5.74) is 2.51. The van der Waals surface area contributed by atoms with Crippen LogP contribution in [0.3, 0.4) is 0 Å². The molecule has 1 aromatic carbocycles. The quantitative estimate of drug-likeness (QED) is 0.800. The summed E-state index contributed by atoms with van der Waals surface area (Å²) in [5, 5.41) is 2.71. The van der Waals surface area contributed by atoms with E-state index in [-0.39, 0.29) is 5.91 Å². The van der Waals surface area contributed by atoms with Crippen LogP contribution in [0.2, 0.25) is 0 Å². The number of benzene rings is 1. The van der Waals surface area contributed by atoms with Crippen LogP contribution in [0.1, 0.15) is 25.0 Å².